The number of nitrogens with two attached hydrogens (primary N) is 2. The van der Waals surface area contributed by atoms with Gasteiger partial charge in [-0.1, -0.05) is 72.8 Å². The quantitative estimate of drug-likeness (QED) is 0.0655. The number of aliphatic imine (C=N–C) groups is 1. The highest BCUT2D eigenvalue weighted by molar-refractivity contribution is 5.97. The van der Waals surface area contributed by atoms with E-state index in [-0.39, 0.29) is 29.6 Å². The number of nitrogens with zero attached hydrogens (tertiary/aromatic N) is 3. The summed E-state index contributed by atoms with van der Waals surface area (Å²) in [6, 6.07) is 30.7. The Balaban J connectivity index is 1.27. The van der Waals surface area contributed by atoms with E-state index in [0.717, 1.165) is 33.0 Å². The number of aromatic nitrogens is 1. The predicted molar refractivity (Wildman–Crippen MR) is 192 cm³/mol. The lowest BCUT2D eigenvalue weighted by Gasteiger charge is -2.23. The number of hydrogen-bond donors (Lipinski definition) is 4. The smallest absolute Gasteiger partial charge is 0.251 e. The molecule has 4 aromatic carbocycles. The molecule has 0 saturated heterocycles. The van der Waals surface area contributed by atoms with Crippen LogP contribution in [0.25, 0.3) is 10.8 Å². The summed E-state index contributed by atoms with van der Waals surface area (Å²) in [5.41, 5.74) is 15.4. The summed E-state index contributed by atoms with van der Waals surface area (Å²) in [6.07, 6.45) is 4.42. The van der Waals surface area contributed by atoms with E-state index in [1.807, 2.05) is 79.9 Å². The van der Waals surface area contributed by atoms with E-state index in [9.17, 15) is 14.0 Å². The number of carbonyl (C=O) groups is 2. The second kappa shape index (κ2) is 17.0. The Morgan fingerprint density at radius 2 is 1.49 bits per heavy atom. The number of halogens is 1. The minimum Gasteiger partial charge on any atom is -0.370 e. The van der Waals surface area contributed by atoms with Crippen molar-refractivity contribution in [2.75, 3.05) is 6.54 Å². The van der Waals surface area contributed by atoms with Crippen molar-refractivity contribution >= 4 is 28.5 Å². The number of benzene rings is 4. The topological polar surface area (TPSA) is 139 Å². The van der Waals surface area contributed by atoms with E-state index in [1.54, 1.807) is 30.5 Å². The normalized spacial score (nSPS) is 12.3. The Morgan fingerprint density at radius 3 is 2.18 bits per heavy atom. The fraction of sp³-hybridized carbons (Fsp3) is 0.231. The molecule has 9 nitrogen and oxygen atoms in total. The van der Waals surface area contributed by atoms with E-state index >= 15 is 0 Å². The molecule has 252 valence electrons. The molecule has 0 radical (unpaired) electrons. The number of rotatable bonds is 15. The molecule has 5 rings (SSSR count). The van der Waals surface area contributed by atoms with Gasteiger partial charge in [0.1, 0.15) is 11.9 Å². The fourth-order valence-electron chi connectivity index (χ4n) is 5.82. The maximum absolute atomic E-state index is 13.6. The molecule has 0 unspecified atom stereocenters. The predicted octanol–water partition coefficient (Wildman–Crippen LogP) is 5.61. The van der Waals surface area contributed by atoms with Gasteiger partial charge >= 0.3 is 0 Å². The van der Waals surface area contributed by atoms with Gasteiger partial charge in [0, 0.05) is 44.1 Å². The molecule has 0 saturated carbocycles. The van der Waals surface area contributed by atoms with Crippen molar-refractivity contribution in [3.63, 3.8) is 0 Å². The molecule has 2 amide bonds. The van der Waals surface area contributed by atoms with Gasteiger partial charge in [0.15, 0.2) is 5.96 Å². The van der Waals surface area contributed by atoms with Gasteiger partial charge in [-0.25, -0.2) is 4.39 Å². The summed E-state index contributed by atoms with van der Waals surface area (Å²) in [5, 5.41) is 8.18. The zero-order chi connectivity index (χ0) is 34.6. The van der Waals surface area contributed by atoms with Crippen molar-refractivity contribution in [2.45, 2.75) is 51.5 Å². The average molecular weight is 660 g/mol. The number of guanidine groups is 1. The van der Waals surface area contributed by atoms with Crippen LogP contribution in [0.3, 0.4) is 0 Å². The van der Waals surface area contributed by atoms with Gasteiger partial charge in [-0.2, -0.15) is 0 Å². The Hall–Kier alpha value is -5.61. The Kier molecular flexibility index (Phi) is 12.0. The summed E-state index contributed by atoms with van der Waals surface area (Å²) in [5.74, 6) is -0.942. The van der Waals surface area contributed by atoms with Crippen LogP contribution in [0.5, 0.6) is 0 Å². The largest absolute Gasteiger partial charge is 0.370 e. The van der Waals surface area contributed by atoms with Crippen LogP contribution in [0.4, 0.5) is 4.39 Å². The van der Waals surface area contributed by atoms with E-state index < -0.39 is 6.04 Å². The first-order chi connectivity index (χ1) is 23.7. The number of amides is 2. The van der Waals surface area contributed by atoms with Crippen LogP contribution in [0.15, 0.2) is 121 Å². The third-order valence-corrected chi connectivity index (χ3v) is 8.29. The maximum atomic E-state index is 13.6. The highest BCUT2D eigenvalue weighted by Gasteiger charge is 2.24. The molecule has 10 heteroatoms. The van der Waals surface area contributed by atoms with E-state index in [2.05, 4.69) is 25.5 Å². The lowest BCUT2D eigenvalue weighted by Crippen LogP contribution is -2.47. The van der Waals surface area contributed by atoms with E-state index in [0.29, 0.717) is 44.6 Å². The minimum absolute atomic E-state index is 0.0219. The molecule has 1 heterocycles. The van der Waals surface area contributed by atoms with Crippen molar-refractivity contribution in [1.82, 2.24) is 20.5 Å². The standard InChI is InChI=1S/C39H42FN7O2/c1-27(34-11-4-9-31-8-2-3-10-35(31)34)45-38(49)36(12-6-22-44-39(41)42)46-37(48)32-17-13-28(14-18-32)24-47(26-30-7-5-21-43-23-30)25-29-15-19-33(40)20-16-29/h2-5,7-11,13-21,23,27,36H,6,12,22,24-26H2,1H3,(H,45,49)(H,46,48)(H4,41,42,44)/t27-,36-/m0/s1. The van der Waals surface area contributed by atoms with Crippen LogP contribution in [-0.4, -0.2) is 40.2 Å². The van der Waals surface area contributed by atoms with Gasteiger partial charge in [0.25, 0.3) is 5.91 Å². The van der Waals surface area contributed by atoms with Crippen molar-refractivity contribution in [3.8, 4) is 0 Å². The summed E-state index contributed by atoms with van der Waals surface area (Å²) in [4.78, 5) is 37.6. The maximum Gasteiger partial charge on any atom is 0.251 e. The van der Waals surface area contributed by atoms with Crippen LogP contribution in [-0.2, 0) is 24.4 Å². The molecule has 0 fully saturated rings. The second-order valence-electron chi connectivity index (χ2n) is 12.1. The average Bonchev–Trinajstić information content (AvgIpc) is 3.10. The Morgan fingerprint density at radius 1 is 0.816 bits per heavy atom. The Labute approximate surface area is 286 Å². The third kappa shape index (κ3) is 10.2. The van der Waals surface area contributed by atoms with Gasteiger partial charge < -0.3 is 22.1 Å². The lowest BCUT2D eigenvalue weighted by molar-refractivity contribution is -0.123. The van der Waals surface area contributed by atoms with Gasteiger partial charge in [0.2, 0.25) is 5.91 Å². The van der Waals surface area contributed by atoms with Crippen molar-refractivity contribution in [1.29, 1.82) is 0 Å². The van der Waals surface area contributed by atoms with Crippen LogP contribution < -0.4 is 22.1 Å². The highest BCUT2D eigenvalue weighted by atomic mass is 19.1. The number of nitrogens with one attached hydrogen (secondary N) is 2. The second-order valence-corrected chi connectivity index (χ2v) is 12.1. The first-order valence-electron chi connectivity index (χ1n) is 16.3. The molecule has 0 spiro atoms. The molecule has 1 aromatic heterocycles. The first kappa shape index (κ1) is 34.7. The highest BCUT2D eigenvalue weighted by Crippen LogP contribution is 2.24. The van der Waals surface area contributed by atoms with Crippen molar-refractivity contribution in [3.05, 3.63) is 149 Å². The zero-order valence-corrected chi connectivity index (χ0v) is 27.6. The monoisotopic (exact) mass is 659 g/mol. The summed E-state index contributed by atoms with van der Waals surface area (Å²) >= 11 is 0. The van der Waals surface area contributed by atoms with Gasteiger partial charge in [0.05, 0.1) is 6.04 Å². The number of carbonyl (C=O) groups excluding carboxylic acids is 2. The van der Waals surface area contributed by atoms with E-state index in [1.165, 1.54) is 12.1 Å². The first-order valence-corrected chi connectivity index (χ1v) is 16.3. The van der Waals surface area contributed by atoms with Crippen molar-refractivity contribution in [2.24, 2.45) is 16.5 Å². The van der Waals surface area contributed by atoms with E-state index in [4.69, 9.17) is 11.5 Å². The summed E-state index contributed by atoms with van der Waals surface area (Å²) in [6.45, 7) is 4.11. The third-order valence-electron chi connectivity index (χ3n) is 8.29. The van der Waals surface area contributed by atoms with Crippen LogP contribution in [0.2, 0.25) is 0 Å². The summed E-state index contributed by atoms with van der Waals surface area (Å²) < 4.78 is 13.5. The van der Waals surface area contributed by atoms with Crippen LogP contribution in [0, 0.1) is 5.82 Å². The molecular weight excluding hydrogens is 617 g/mol. The molecule has 0 aliphatic rings. The molecule has 5 aromatic rings. The van der Waals surface area contributed by atoms with Gasteiger partial charge in [-0.05, 0) is 83.1 Å². The number of hydrogen-bond acceptors (Lipinski definition) is 5. The molecule has 0 aliphatic carbocycles. The van der Waals surface area contributed by atoms with Crippen molar-refractivity contribution < 1.29 is 14.0 Å². The number of fused-ring (bicyclic) bond motifs is 1. The molecule has 0 bridgehead atoms. The van der Waals surface area contributed by atoms with Crippen LogP contribution in [0.1, 0.15) is 58.4 Å². The molecular formula is C39H42FN7O2. The van der Waals surface area contributed by atoms with Crippen LogP contribution >= 0.6 is 0 Å². The SMILES string of the molecule is C[C@H](NC(=O)[C@H](CCCN=C(N)N)NC(=O)c1ccc(CN(Cc2ccc(F)cc2)Cc2cccnc2)cc1)c1cccc2ccccc12. The number of pyridine rings is 1. The lowest BCUT2D eigenvalue weighted by atomic mass is 9.99. The molecule has 0 aliphatic heterocycles. The Bertz CT molecular complexity index is 1860. The molecule has 6 N–H and O–H groups in total. The zero-order valence-electron chi connectivity index (χ0n) is 27.6. The molecule has 49 heavy (non-hydrogen) atoms. The van der Waals surface area contributed by atoms with Gasteiger partial charge in [-0.15, -0.1) is 0 Å². The molecule has 2 atom stereocenters. The fourth-order valence-corrected chi connectivity index (χ4v) is 5.82. The summed E-state index contributed by atoms with van der Waals surface area (Å²) in [7, 11) is 0. The minimum atomic E-state index is -0.801. The van der Waals surface area contributed by atoms with Gasteiger partial charge in [-0.3, -0.25) is 24.5 Å².